The van der Waals surface area contributed by atoms with Gasteiger partial charge in [-0.05, 0) is 36.4 Å². The van der Waals surface area contributed by atoms with E-state index in [4.69, 9.17) is 9.47 Å². The number of aliphatic hydroxyl groups excluding tert-OH is 1. The van der Waals surface area contributed by atoms with Crippen molar-refractivity contribution < 1.29 is 24.2 Å². The lowest BCUT2D eigenvalue weighted by Gasteiger charge is -2.22. The highest BCUT2D eigenvalue weighted by molar-refractivity contribution is 7.99. The molecule has 1 spiro atoms. The summed E-state index contributed by atoms with van der Waals surface area (Å²) in [6, 6.07) is 7.00. The van der Waals surface area contributed by atoms with Gasteiger partial charge in [0, 0.05) is 12.2 Å². The molecule has 0 aromatic heterocycles. The predicted molar refractivity (Wildman–Crippen MR) is 90.2 cm³/mol. The van der Waals surface area contributed by atoms with Crippen LogP contribution in [0.2, 0.25) is 0 Å². The van der Waals surface area contributed by atoms with Crippen molar-refractivity contribution >= 4 is 23.6 Å². The van der Waals surface area contributed by atoms with Crippen LogP contribution < -0.4 is 9.47 Å². The fourth-order valence-corrected chi connectivity index (χ4v) is 4.53. The molecule has 2 aliphatic rings. The molecule has 2 atom stereocenters. The molecule has 0 bridgehead atoms. The van der Waals surface area contributed by atoms with E-state index in [0.717, 1.165) is 17.9 Å². The number of thioether (sulfide) groups is 1. The number of rotatable bonds is 6. The Morgan fingerprint density at radius 3 is 2.62 bits per heavy atom. The third kappa shape index (κ3) is 3.37. The van der Waals surface area contributed by atoms with Gasteiger partial charge in [0.1, 0.15) is 24.2 Å². The van der Waals surface area contributed by atoms with Gasteiger partial charge < -0.3 is 14.6 Å². The topological polar surface area (TPSA) is 76.1 Å². The zero-order valence-electron chi connectivity index (χ0n) is 13.6. The van der Waals surface area contributed by atoms with Crippen LogP contribution in [-0.4, -0.2) is 59.7 Å². The SMILES string of the molecule is COc1ccc(OCC(O)CN2C(=O)CC3(CCSC3)C2=O)cc1. The molecule has 7 heteroatoms. The standard InChI is InChI=1S/C17H21NO5S/c1-22-13-2-4-14(5-3-13)23-10-12(19)9-18-15(20)8-17(16(18)21)6-7-24-11-17/h2-5,12,19H,6-11H2,1H3. The molecule has 2 aliphatic heterocycles. The number of hydrogen-bond donors (Lipinski definition) is 1. The predicted octanol–water partition coefficient (Wildman–Crippen LogP) is 1.32. The van der Waals surface area contributed by atoms with E-state index in [1.807, 2.05) is 0 Å². The van der Waals surface area contributed by atoms with Gasteiger partial charge in [-0.1, -0.05) is 0 Å². The Morgan fingerprint density at radius 1 is 1.29 bits per heavy atom. The molecular weight excluding hydrogens is 330 g/mol. The zero-order valence-corrected chi connectivity index (χ0v) is 14.4. The highest BCUT2D eigenvalue weighted by Crippen LogP contribution is 2.44. The third-order valence-corrected chi connectivity index (χ3v) is 5.74. The number of carbonyl (C=O) groups is 2. The van der Waals surface area contributed by atoms with Gasteiger partial charge in [-0.3, -0.25) is 14.5 Å². The first-order valence-corrected chi connectivity index (χ1v) is 9.07. The summed E-state index contributed by atoms with van der Waals surface area (Å²) < 4.78 is 10.6. The summed E-state index contributed by atoms with van der Waals surface area (Å²) in [6.45, 7) is 0.00533. The molecule has 1 aromatic carbocycles. The van der Waals surface area contributed by atoms with Gasteiger partial charge in [0.25, 0.3) is 0 Å². The van der Waals surface area contributed by atoms with Crippen molar-refractivity contribution in [3.63, 3.8) is 0 Å². The van der Waals surface area contributed by atoms with E-state index >= 15 is 0 Å². The van der Waals surface area contributed by atoms with Gasteiger partial charge in [-0.25, -0.2) is 0 Å². The maximum absolute atomic E-state index is 12.5. The van der Waals surface area contributed by atoms with E-state index in [-0.39, 0.29) is 31.4 Å². The second kappa shape index (κ2) is 7.03. The quantitative estimate of drug-likeness (QED) is 0.779. The highest BCUT2D eigenvalue weighted by atomic mass is 32.2. The van der Waals surface area contributed by atoms with E-state index in [9.17, 15) is 14.7 Å². The monoisotopic (exact) mass is 351 g/mol. The summed E-state index contributed by atoms with van der Waals surface area (Å²) in [5.41, 5.74) is -0.529. The number of methoxy groups -OCH3 is 1. The first kappa shape index (κ1) is 17.1. The number of hydrogen-bond acceptors (Lipinski definition) is 6. The number of benzene rings is 1. The van der Waals surface area contributed by atoms with Crippen LogP contribution in [0.15, 0.2) is 24.3 Å². The van der Waals surface area contributed by atoms with Crippen molar-refractivity contribution in [3.8, 4) is 11.5 Å². The van der Waals surface area contributed by atoms with Crippen LogP contribution in [0.5, 0.6) is 11.5 Å². The lowest BCUT2D eigenvalue weighted by atomic mass is 9.86. The molecule has 6 nitrogen and oxygen atoms in total. The molecule has 2 saturated heterocycles. The van der Waals surface area contributed by atoms with Crippen molar-refractivity contribution in [2.75, 3.05) is 31.8 Å². The Balaban J connectivity index is 1.53. The van der Waals surface area contributed by atoms with Crippen LogP contribution in [0.3, 0.4) is 0 Å². The molecule has 130 valence electrons. The molecule has 0 radical (unpaired) electrons. The number of likely N-dealkylation sites (tertiary alicyclic amines) is 1. The summed E-state index contributed by atoms with van der Waals surface area (Å²) >= 11 is 1.71. The molecule has 1 N–H and O–H groups in total. The van der Waals surface area contributed by atoms with Crippen LogP contribution in [0.1, 0.15) is 12.8 Å². The molecular formula is C17H21NO5S. The summed E-state index contributed by atoms with van der Waals surface area (Å²) in [7, 11) is 1.58. The van der Waals surface area contributed by atoms with Crippen molar-refractivity contribution in [2.45, 2.75) is 18.9 Å². The molecule has 2 heterocycles. The number of amides is 2. The fourth-order valence-electron chi connectivity index (χ4n) is 3.09. The van der Waals surface area contributed by atoms with E-state index in [2.05, 4.69) is 0 Å². The summed E-state index contributed by atoms with van der Waals surface area (Å²) in [6.07, 6.45) is 0.103. The minimum absolute atomic E-state index is 0.0137. The van der Waals surface area contributed by atoms with Crippen molar-refractivity contribution in [3.05, 3.63) is 24.3 Å². The smallest absolute Gasteiger partial charge is 0.236 e. The zero-order chi connectivity index (χ0) is 17.2. The Morgan fingerprint density at radius 2 is 2.00 bits per heavy atom. The van der Waals surface area contributed by atoms with Gasteiger partial charge >= 0.3 is 0 Å². The highest BCUT2D eigenvalue weighted by Gasteiger charge is 2.53. The second-order valence-electron chi connectivity index (χ2n) is 6.21. The summed E-state index contributed by atoms with van der Waals surface area (Å²) in [4.78, 5) is 25.9. The van der Waals surface area contributed by atoms with Gasteiger partial charge in [-0.2, -0.15) is 11.8 Å². The number of carbonyl (C=O) groups excluding carboxylic acids is 2. The number of nitrogens with zero attached hydrogens (tertiary/aromatic N) is 1. The second-order valence-corrected chi connectivity index (χ2v) is 7.31. The number of β-amino-alcohol motifs (C(OH)–C–C–N with tert-alkyl or cyclic N) is 1. The van der Waals surface area contributed by atoms with Crippen LogP contribution in [-0.2, 0) is 9.59 Å². The molecule has 2 fully saturated rings. The minimum Gasteiger partial charge on any atom is -0.497 e. The molecule has 3 rings (SSSR count). The van der Waals surface area contributed by atoms with Gasteiger partial charge in [0.05, 0.1) is 19.1 Å². The van der Waals surface area contributed by atoms with E-state index in [0.29, 0.717) is 11.5 Å². The van der Waals surface area contributed by atoms with Gasteiger partial charge in [0.2, 0.25) is 11.8 Å². The Labute approximate surface area is 145 Å². The molecule has 1 aromatic rings. The Bertz CT molecular complexity index is 612. The number of ether oxygens (including phenoxy) is 2. The number of imide groups is 1. The van der Waals surface area contributed by atoms with Gasteiger partial charge in [0.15, 0.2) is 0 Å². The van der Waals surface area contributed by atoms with E-state index in [1.165, 1.54) is 4.90 Å². The van der Waals surface area contributed by atoms with Crippen LogP contribution in [0.4, 0.5) is 0 Å². The lowest BCUT2D eigenvalue weighted by molar-refractivity contribution is -0.142. The summed E-state index contributed by atoms with van der Waals surface area (Å²) in [5, 5.41) is 10.1. The van der Waals surface area contributed by atoms with Crippen molar-refractivity contribution in [1.82, 2.24) is 4.90 Å². The first-order valence-electron chi connectivity index (χ1n) is 7.91. The van der Waals surface area contributed by atoms with Crippen LogP contribution >= 0.6 is 11.8 Å². The molecule has 2 amide bonds. The number of aliphatic hydroxyl groups is 1. The van der Waals surface area contributed by atoms with Crippen molar-refractivity contribution in [1.29, 1.82) is 0 Å². The molecule has 2 unspecified atom stereocenters. The fraction of sp³-hybridized carbons (Fsp3) is 0.529. The summed E-state index contributed by atoms with van der Waals surface area (Å²) in [5.74, 6) is 2.60. The normalized spacial score (nSPS) is 24.7. The molecule has 0 saturated carbocycles. The average molecular weight is 351 g/mol. The third-order valence-electron chi connectivity index (χ3n) is 4.49. The van der Waals surface area contributed by atoms with Crippen LogP contribution in [0, 0.1) is 5.41 Å². The first-order chi connectivity index (χ1) is 11.5. The largest absolute Gasteiger partial charge is 0.497 e. The van der Waals surface area contributed by atoms with Gasteiger partial charge in [-0.15, -0.1) is 0 Å². The maximum Gasteiger partial charge on any atom is 0.236 e. The maximum atomic E-state index is 12.5. The molecule has 24 heavy (non-hydrogen) atoms. The van der Waals surface area contributed by atoms with E-state index in [1.54, 1.807) is 43.1 Å². The van der Waals surface area contributed by atoms with E-state index < -0.39 is 11.5 Å². The Hall–Kier alpha value is -1.73. The molecule has 0 aliphatic carbocycles. The van der Waals surface area contributed by atoms with Crippen molar-refractivity contribution in [2.24, 2.45) is 5.41 Å². The Kier molecular flexibility index (Phi) is 5.01. The van der Waals surface area contributed by atoms with Crippen LogP contribution in [0.25, 0.3) is 0 Å². The minimum atomic E-state index is -0.913. The lowest BCUT2D eigenvalue weighted by Crippen LogP contribution is -2.41. The average Bonchev–Trinajstić information content (AvgIpc) is 3.14.